The van der Waals surface area contributed by atoms with Crippen LogP contribution in [0.25, 0.3) is 11.0 Å². The van der Waals surface area contributed by atoms with Crippen molar-refractivity contribution in [2.45, 2.75) is 19.9 Å². The van der Waals surface area contributed by atoms with Gasteiger partial charge in [0.15, 0.2) is 5.52 Å². The van der Waals surface area contributed by atoms with Crippen LogP contribution in [0.3, 0.4) is 0 Å². The van der Waals surface area contributed by atoms with Gasteiger partial charge in [-0.05, 0) is 18.0 Å². The second-order valence-corrected chi connectivity index (χ2v) is 5.80. The molecule has 0 spiro atoms. The Morgan fingerprint density at radius 2 is 2.09 bits per heavy atom. The number of nitrogens with one attached hydrogen (secondary N) is 1. The number of hydrogen-bond donors (Lipinski definition) is 1. The number of morpholine rings is 1. The SMILES string of the molecule is CCCn1c(=O)[nH]c2c(C(=O)N3CCOCC3)snc2c1=O. The monoisotopic (exact) mass is 324 g/mol. The minimum Gasteiger partial charge on any atom is -0.378 e. The Labute approximate surface area is 129 Å². The summed E-state index contributed by atoms with van der Waals surface area (Å²) in [6, 6.07) is 0. The van der Waals surface area contributed by atoms with Crippen LogP contribution in [0.2, 0.25) is 0 Å². The lowest BCUT2D eigenvalue weighted by Gasteiger charge is -2.26. The number of aromatic amines is 1. The van der Waals surface area contributed by atoms with Crippen molar-refractivity contribution in [2.75, 3.05) is 26.3 Å². The number of amides is 1. The van der Waals surface area contributed by atoms with Gasteiger partial charge in [0, 0.05) is 19.6 Å². The number of hydrogen-bond acceptors (Lipinski definition) is 6. The lowest BCUT2D eigenvalue weighted by Crippen LogP contribution is -2.40. The summed E-state index contributed by atoms with van der Waals surface area (Å²) in [5.74, 6) is -0.223. The van der Waals surface area contributed by atoms with Crippen LogP contribution in [0.15, 0.2) is 9.59 Å². The molecule has 0 aromatic carbocycles. The molecular weight excluding hydrogens is 308 g/mol. The van der Waals surface area contributed by atoms with E-state index >= 15 is 0 Å². The van der Waals surface area contributed by atoms with Crippen molar-refractivity contribution in [3.63, 3.8) is 0 Å². The van der Waals surface area contributed by atoms with E-state index in [1.165, 1.54) is 0 Å². The number of nitrogens with zero attached hydrogens (tertiary/aromatic N) is 3. The smallest absolute Gasteiger partial charge is 0.328 e. The molecule has 1 amide bonds. The highest BCUT2D eigenvalue weighted by Crippen LogP contribution is 2.19. The number of carbonyl (C=O) groups excluding carboxylic acids is 1. The van der Waals surface area contributed by atoms with Crippen molar-refractivity contribution in [2.24, 2.45) is 0 Å². The number of fused-ring (bicyclic) bond motifs is 1. The van der Waals surface area contributed by atoms with E-state index in [1.54, 1.807) is 4.90 Å². The maximum absolute atomic E-state index is 12.5. The molecule has 3 rings (SSSR count). The van der Waals surface area contributed by atoms with Gasteiger partial charge in [-0.3, -0.25) is 14.2 Å². The van der Waals surface area contributed by atoms with Crippen molar-refractivity contribution < 1.29 is 9.53 Å². The third kappa shape index (κ3) is 2.46. The second kappa shape index (κ2) is 6.01. The molecule has 118 valence electrons. The fraction of sp³-hybridized carbons (Fsp3) is 0.538. The molecule has 1 N–H and O–H groups in total. The van der Waals surface area contributed by atoms with E-state index in [4.69, 9.17) is 4.74 Å². The normalized spacial score (nSPS) is 15.4. The van der Waals surface area contributed by atoms with Gasteiger partial charge in [-0.25, -0.2) is 4.79 Å². The molecule has 0 atom stereocenters. The van der Waals surface area contributed by atoms with E-state index in [0.29, 0.717) is 44.1 Å². The molecule has 1 saturated heterocycles. The van der Waals surface area contributed by atoms with Crippen LogP contribution >= 0.6 is 11.5 Å². The Morgan fingerprint density at radius 3 is 2.77 bits per heavy atom. The van der Waals surface area contributed by atoms with Crippen molar-refractivity contribution in [3.8, 4) is 0 Å². The highest BCUT2D eigenvalue weighted by molar-refractivity contribution is 7.09. The third-order valence-electron chi connectivity index (χ3n) is 3.56. The molecule has 1 fully saturated rings. The molecule has 0 aliphatic carbocycles. The quantitative estimate of drug-likeness (QED) is 0.859. The van der Waals surface area contributed by atoms with Gasteiger partial charge in [0.1, 0.15) is 4.88 Å². The van der Waals surface area contributed by atoms with Crippen LogP contribution in [-0.2, 0) is 11.3 Å². The van der Waals surface area contributed by atoms with E-state index < -0.39 is 11.2 Å². The van der Waals surface area contributed by atoms with Gasteiger partial charge in [0.25, 0.3) is 11.5 Å². The Balaban J connectivity index is 2.07. The number of carbonyl (C=O) groups is 1. The first-order valence-corrected chi connectivity index (χ1v) is 7.90. The van der Waals surface area contributed by atoms with E-state index in [0.717, 1.165) is 16.1 Å². The topological polar surface area (TPSA) is 97.3 Å². The Hall–Kier alpha value is -2.00. The predicted octanol–water partition coefficient (Wildman–Crippen LogP) is 0.0287. The highest BCUT2D eigenvalue weighted by atomic mass is 32.1. The molecule has 2 aromatic rings. The average Bonchev–Trinajstić information content (AvgIpc) is 2.95. The first kappa shape index (κ1) is 14.9. The fourth-order valence-corrected chi connectivity index (χ4v) is 3.23. The van der Waals surface area contributed by atoms with Crippen molar-refractivity contribution in [1.82, 2.24) is 18.8 Å². The first-order chi connectivity index (χ1) is 10.6. The predicted molar refractivity (Wildman–Crippen MR) is 81.5 cm³/mol. The van der Waals surface area contributed by atoms with Crippen LogP contribution in [0.5, 0.6) is 0 Å². The van der Waals surface area contributed by atoms with Gasteiger partial charge in [0.2, 0.25) is 0 Å². The molecule has 22 heavy (non-hydrogen) atoms. The summed E-state index contributed by atoms with van der Waals surface area (Å²) in [6.07, 6.45) is 0.665. The van der Waals surface area contributed by atoms with Gasteiger partial charge < -0.3 is 14.6 Å². The minimum atomic E-state index is -0.504. The van der Waals surface area contributed by atoms with E-state index in [2.05, 4.69) is 9.36 Å². The molecule has 9 heteroatoms. The molecule has 2 aromatic heterocycles. The molecule has 0 radical (unpaired) electrons. The number of H-pyrrole nitrogens is 1. The fourth-order valence-electron chi connectivity index (χ4n) is 2.43. The van der Waals surface area contributed by atoms with Gasteiger partial charge in [-0.2, -0.15) is 4.37 Å². The zero-order valence-electron chi connectivity index (χ0n) is 12.1. The van der Waals surface area contributed by atoms with Crippen LogP contribution in [0, 0.1) is 0 Å². The first-order valence-electron chi connectivity index (χ1n) is 7.13. The summed E-state index contributed by atoms with van der Waals surface area (Å²) in [5.41, 5.74) is -0.563. The van der Waals surface area contributed by atoms with Gasteiger partial charge >= 0.3 is 5.69 Å². The molecule has 8 nitrogen and oxygen atoms in total. The second-order valence-electron chi connectivity index (χ2n) is 5.03. The molecule has 0 unspecified atom stereocenters. The summed E-state index contributed by atoms with van der Waals surface area (Å²) < 4.78 is 10.4. The van der Waals surface area contributed by atoms with Crippen molar-refractivity contribution in [3.05, 3.63) is 25.7 Å². The van der Waals surface area contributed by atoms with Gasteiger partial charge in [0.05, 0.1) is 18.7 Å². The lowest BCUT2D eigenvalue weighted by atomic mass is 10.3. The summed E-state index contributed by atoms with van der Waals surface area (Å²) in [6.45, 7) is 4.17. The van der Waals surface area contributed by atoms with E-state index in [9.17, 15) is 14.4 Å². The summed E-state index contributed by atoms with van der Waals surface area (Å²) in [7, 11) is 0. The van der Waals surface area contributed by atoms with Gasteiger partial charge in [-0.15, -0.1) is 0 Å². The lowest BCUT2D eigenvalue weighted by molar-refractivity contribution is 0.0307. The van der Waals surface area contributed by atoms with Crippen LogP contribution in [0.1, 0.15) is 23.0 Å². The van der Waals surface area contributed by atoms with E-state index in [1.807, 2.05) is 6.92 Å². The van der Waals surface area contributed by atoms with E-state index in [-0.39, 0.29) is 16.9 Å². The largest absolute Gasteiger partial charge is 0.378 e. The van der Waals surface area contributed by atoms with Crippen molar-refractivity contribution in [1.29, 1.82) is 0 Å². The Morgan fingerprint density at radius 1 is 1.36 bits per heavy atom. The highest BCUT2D eigenvalue weighted by Gasteiger charge is 2.24. The minimum absolute atomic E-state index is 0.148. The maximum atomic E-state index is 12.5. The summed E-state index contributed by atoms with van der Waals surface area (Å²) >= 11 is 0.949. The van der Waals surface area contributed by atoms with Crippen LogP contribution in [0.4, 0.5) is 0 Å². The van der Waals surface area contributed by atoms with Crippen molar-refractivity contribution >= 4 is 28.5 Å². The van der Waals surface area contributed by atoms with Crippen LogP contribution in [-0.4, -0.2) is 51.0 Å². The number of aromatic nitrogens is 3. The third-order valence-corrected chi connectivity index (χ3v) is 4.39. The summed E-state index contributed by atoms with van der Waals surface area (Å²) in [5, 5.41) is 0. The molecular formula is C13H16N4O4S. The Kier molecular flexibility index (Phi) is 4.08. The number of rotatable bonds is 3. The molecule has 0 saturated carbocycles. The maximum Gasteiger partial charge on any atom is 0.328 e. The molecule has 3 heterocycles. The molecule has 1 aliphatic rings. The zero-order valence-corrected chi connectivity index (χ0v) is 12.9. The zero-order chi connectivity index (χ0) is 15.7. The van der Waals surface area contributed by atoms with Crippen LogP contribution < -0.4 is 11.2 Å². The standard InChI is InChI=1S/C13H16N4O4S/c1-2-3-17-11(18)9-8(14-13(17)20)10(22-15-9)12(19)16-4-6-21-7-5-16/h2-7H2,1H3,(H,14,20). The number of ether oxygens (including phenoxy) is 1. The average molecular weight is 324 g/mol. The van der Waals surface area contributed by atoms with Gasteiger partial charge in [-0.1, -0.05) is 6.92 Å². The summed E-state index contributed by atoms with van der Waals surface area (Å²) in [4.78, 5) is 41.4. The Bertz CT molecular complexity index is 816. The molecule has 0 bridgehead atoms. The molecule has 1 aliphatic heterocycles.